The Morgan fingerprint density at radius 1 is 1.37 bits per heavy atom. The van der Waals surface area contributed by atoms with E-state index in [-0.39, 0.29) is 5.91 Å². The first-order valence-corrected chi connectivity index (χ1v) is 6.70. The molecule has 1 atom stereocenters. The van der Waals surface area contributed by atoms with Crippen LogP contribution in [0.25, 0.3) is 0 Å². The zero-order valence-electron chi connectivity index (χ0n) is 10.7. The SMILES string of the molecule is N#CC1(NC(=O)C2Cc3ccccc3O2)CCCC1. The van der Waals surface area contributed by atoms with Gasteiger partial charge in [-0.2, -0.15) is 5.26 Å². The summed E-state index contributed by atoms with van der Waals surface area (Å²) in [7, 11) is 0. The molecule has 1 amide bonds. The maximum atomic E-state index is 12.2. The normalized spacial score (nSPS) is 23.2. The van der Waals surface area contributed by atoms with Gasteiger partial charge in [0.05, 0.1) is 6.07 Å². The van der Waals surface area contributed by atoms with Crippen molar-refractivity contribution in [2.24, 2.45) is 0 Å². The van der Waals surface area contributed by atoms with Crippen LogP contribution in [0.1, 0.15) is 31.2 Å². The van der Waals surface area contributed by atoms with Gasteiger partial charge in [-0.05, 0) is 37.3 Å². The molecule has 1 aliphatic carbocycles. The molecule has 0 bridgehead atoms. The Bertz CT molecular complexity index is 516. The number of nitriles is 1. The lowest BCUT2D eigenvalue weighted by atomic mass is 9.99. The molecule has 0 spiro atoms. The lowest BCUT2D eigenvalue weighted by molar-refractivity contribution is -0.128. The zero-order valence-corrected chi connectivity index (χ0v) is 10.7. The Balaban J connectivity index is 1.69. The molecular formula is C15H16N2O2. The van der Waals surface area contributed by atoms with Gasteiger partial charge in [-0.15, -0.1) is 0 Å². The van der Waals surface area contributed by atoms with Crippen LogP contribution >= 0.6 is 0 Å². The Morgan fingerprint density at radius 2 is 2.11 bits per heavy atom. The molecule has 1 saturated carbocycles. The molecule has 1 aromatic carbocycles. The van der Waals surface area contributed by atoms with Crippen LogP contribution in [-0.4, -0.2) is 17.6 Å². The minimum Gasteiger partial charge on any atom is -0.480 e. The molecule has 0 radical (unpaired) electrons. The first-order valence-electron chi connectivity index (χ1n) is 6.70. The molecule has 4 heteroatoms. The highest BCUT2D eigenvalue weighted by atomic mass is 16.5. The lowest BCUT2D eigenvalue weighted by Crippen LogP contribution is -2.50. The fourth-order valence-electron chi connectivity index (χ4n) is 2.89. The molecule has 1 N–H and O–H groups in total. The number of para-hydroxylation sites is 1. The highest BCUT2D eigenvalue weighted by molar-refractivity contribution is 5.83. The number of amides is 1. The van der Waals surface area contributed by atoms with Gasteiger partial charge in [0, 0.05) is 6.42 Å². The van der Waals surface area contributed by atoms with Crippen molar-refractivity contribution < 1.29 is 9.53 Å². The summed E-state index contributed by atoms with van der Waals surface area (Å²) in [5, 5.41) is 12.2. The Hall–Kier alpha value is -2.02. The zero-order chi connectivity index (χ0) is 13.3. The van der Waals surface area contributed by atoms with Crippen molar-refractivity contribution in [3.8, 4) is 11.8 Å². The molecule has 98 valence electrons. The smallest absolute Gasteiger partial charge is 0.262 e. The largest absolute Gasteiger partial charge is 0.480 e. The van der Waals surface area contributed by atoms with Gasteiger partial charge in [0.25, 0.3) is 5.91 Å². The minimum atomic E-state index is -0.671. The Morgan fingerprint density at radius 3 is 2.79 bits per heavy atom. The third kappa shape index (κ3) is 2.17. The van der Waals surface area contributed by atoms with E-state index in [4.69, 9.17) is 4.74 Å². The van der Waals surface area contributed by atoms with Crippen LogP contribution in [0.4, 0.5) is 0 Å². The summed E-state index contributed by atoms with van der Waals surface area (Å²) < 4.78 is 5.65. The second-order valence-electron chi connectivity index (χ2n) is 5.31. The van der Waals surface area contributed by atoms with E-state index in [1.165, 1.54) is 0 Å². The van der Waals surface area contributed by atoms with Gasteiger partial charge in [0.15, 0.2) is 6.10 Å². The number of rotatable bonds is 2. The van der Waals surface area contributed by atoms with Gasteiger partial charge >= 0.3 is 0 Å². The average molecular weight is 256 g/mol. The van der Waals surface area contributed by atoms with E-state index >= 15 is 0 Å². The summed E-state index contributed by atoms with van der Waals surface area (Å²) in [5.74, 6) is 0.611. The quantitative estimate of drug-likeness (QED) is 0.879. The molecule has 0 saturated heterocycles. The standard InChI is InChI=1S/C15H16N2O2/c16-10-15(7-3-4-8-15)17-14(18)13-9-11-5-1-2-6-12(11)19-13/h1-2,5-6,13H,3-4,7-9H2,(H,17,18). The van der Waals surface area contributed by atoms with Crippen LogP contribution in [0.3, 0.4) is 0 Å². The van der Waals surface area contributed by atoms with Crippen LogP contribution in [0, 0.1) is 11.3 Å². The molecule has 19 heavy (non-hydrogen) atoms. The summed E-state index contributed by atoms with van der Waals surface area (Å²) in [5.41, 5.74) is 0.384. The summed E-state index contributed by atoms with van der Waals surface area (Å²) in [6.07, 6.45) is 3.58. The molecule has 1 fully saturated rings. The average Bonchev–Trinajstić information content (AvgIpc) is 3.05. The number of ether oxygens (including phenoxy) is 1. The van der Waals surface area contributed by atoms with Gasteiger partial charge in [-0.3, -0.25) is 4.79 Å². The highest BCUT2D eigenvalue weighted by Crippen LogP contribution is 2.31. The van der Waals surface area contributed by atoms with Gasteiger partial charge in [0.2, 0.25) is 0 Å². The lowest BCUT2D eigenvalue weighted by Gasteiger charge is -2.23. The maximum absolute atomic E-state index is 12.2. The number of carbonyl (C=O) groups is 1. The van der Waals surface area contributed by atoms with Gasteiger partial charge in [-0.25, -0.2) is 0 Å². The summed E-state index contributed by atoms with van der Waals surface area (Å²) in [6, 6.07) is 9.95. The first-order chi connectivity index (χ1) is 9.22. The summed E-state index contributed by atoms with van der Waals surface area (Å²) in [4.78, 5) is 12.2. The monoisotopic (exact) mass is 256 g/mol. The molecule has 3 rings (SSSR count). The first kappa shape index (κ1) is 12.0. The van der Waals surface area contributed by atoms with Crippen LogP contribution in [0.15, 0.2) is 24.3 Å². The van der Waals surface area contributed by atoms with Gasteiger partial charge in [0.1, 0.15) is 11.3 Å². The van der Waals surface area contributed by atoms with Crippen molar-refractivity contribution in [3.05, 3.63) is 29.8 Å². The molecule has 1 aromatic rings. The predicted octanol–water partition coefficient (Wildman–Crippen LogP) is 1.94. The predicted molar refractivity (Wildman–Crippen MR) is 69.5 cm³/mol. The third-order valence-electron chi connectivity index (χ3n) is 3.97. The fourth-order valence-corrected chi connectivity index (χ4v) is 2.89. The van der Waals surface area contributed by atoms with E-state index in [9.17, 15) is 10.1 Å². The van der Waals surface area contributed by atoms with Gasteiger partial charge < -0.3 is 10.1 Å². The molecule has 2 aliphatic rings. The number of nitrogens with zero attached hydrogens (tertiary/aromatic N) is 1. The van der Waals surface area contributed by atoms with Crippen LogP contribution in [0.2, 0.25) is 0 Å². The number of hydrogen-bond acceptors (Lipinski definition) is 3. The molecule has 4 nitrogen and oxygen atoms in total. The second-order valence-corrected chi connectivity index (χ2v) is 5.31. The number of fused-ring (bicyclic) bond motifs is 1. The fraction of sp³-hybridized carbons (Fsp3) is 0.467. The van der Waals surface area contributed by atoms with E-state index in [1.807, 2.05) is 24.3 Å². The molecule has 0 aromatic heterocycles. The Kier molecular flexibility index (Phi) is 2.90. The minimum absolute atomic E-state index is 0.167. The molecule has 1 aliphatic heterocycles. The van der Waals surface area contributed by atoms with Gasteiger partial charge in [-0.1, -0.05) is 18.2 Å². The number of hydrogen-bond donors (Lipinski definition) is 1. The van der Waals surface area contributed by atoms with E-state index in [0.717, 1.165) is 37.0 Å². The van der Waals surface area contributed by atoms with Crippen LogP contribution in [-0.2, 0) is 11.2 Å². The van der Waals surface area contributed by atoms with E-state index in [0.29, 0.717) is 6.42 Å². The van der Waals surface area contributed by atoms with Crippen molar-refractivity contribution in [2.75, 3.05) is 0 Å². The van der Waals surface area contributed by atoms with Crippen LogP contribution < -0.4 is 10.1 Å². The third-order valence-corrected chi connectivity index (χ3v) is 3.97. The highest BCUT2D eigenvalue weighted by Gasteiger charge is 2.39. The van der Waals surface area contributed by atoms with E-state index in [2.05, 4.69) is 11.4 Å². The van der Waals surface area contributed by atoms with Crippen molar-refractivity contribution in [3.63, 3.8) is 0 Å². The van der Waals surface area contributed by atoms with Crippen molar-refractivity contribution >= 4 is 5.91 Å². The van der Waals surface area contributed by atoms with Crippen molar-refractivity contribution in [1.29, 1.82) is 5.26 Å². The topological polar surface area (TPSA) is 62.1 Å². The van der Waals surface area contributed by atoms with Crippen molar-refractivity contribution in [2.45, 2.75) is 43.7 Å². The summed E-state index contributed by atoms with van der Waals surface area (Å²) in [6.45, 7) is 0. The van der Waals surface area contributed by atoms with Crippen LogP contribution in [0.5, 0.6) is 5.75 Å². The van der Waals surface area contributed by atoms with E-state index in [1.54, 1.807) is 0 Å². The summed E-state index contributed by atoms with van der Waals surface area (Å²) >= 11 is 0. The maximum Gasteiger partial charge on any atom is 0.262 e. The molecular weight excluding hydrogens is 240 g/mol. The Labute approximate surface area is 112 Å². The molecule has 1 heterocycles. The van der Waals surface area contributed by atoms with Crippen molar-refractivity contribution in [1.82, 2.24) is 5.32 Å². The number of benzene rings is 1. The van der Waals surface area contributed by atoms with E-state index < -0.39 is 11.6 Å². The second kappa shape index (κ2) is 4.58. The number of nitrogens with one attached hydrogen (secondary N) is 1. The number of carbonyl (C=O) groups excluding carboxylic acids is 1. The molecule has 1 unspecified atom stereocenters.